The number of halogens is 1. The second-order valence-corrected chi connectivity index (χ2v) is 9.91. The predicted octanol–water partition coefficient (Wildman–Crippen LogP) is 7.38. The first-order valence-electron chi connectivity index (χ1n) is 12.2. The van der Waals surface area contributed by atoms with Crippen molar-refractivity contribution in [1.29, 1.82) is 0 Å². The zero-order valence-corrected chi connectivity index (χ0v) is 18.5. The van der Waals surface area contributed by atoms with Crippen LogP contribution in [0, 0.1) is 23.6 Å². The van der Waals surface area contributed by atoms with E-state index in [1.165, 1.54) is 62.5 Å². The van der Waals surface area contributed by atoms with Gasteiger partial charge in [-0.3, -0.25) is 0 Å². The normalized spacial score (nSPS) is 32.2. The predicted molar refractivity (Wildman–Crippen MR) is 119 cm³/mol. The van der Waals surface area contributed by atoms with Crippen LogP contribution in [0.2, 0.25) is 0 Å². The van der Waals surface area contributed by atoms with Crippen LogP contribution < -0.4 is 0 Å². The van der Waals surface area contributed by atoms with Gasteiger partial charge in [-0.15, -0.1) is 0 Å². The molecular weight excluding hydrogens is 359 g/mol. The molecule has 0 aromatic heterocycles. The number of aryl methyl sites for hydroxylation is 1. The van der Waals surface area contributed by atoms with E-state index >= 15 is 4.39 Å². The van der Waals surface area contributed by atoms with Crippen molar-refractivity contribution in [2.24, 2.45) is 17.8 Å². The van der Waals surface area contributed by atoms with E-state index in [1.54, 1.807) is 0 Å². The molecule has 0 radical (unpaired) electrons. The van der Waals surface area contributed by atoms with Crippen LogP contribution in [0.15, 0.2) is 24.3 Å². The smallest absolute Gasteiger partial charge is 0.126 e. The van der Waals surface area contributed by atoms with Gasteiger partial charge in [-0.2, -0.15) is 0 Å². The van der Waals surface area contributed by atoms with E-state index in [0.29, 0.717) is 12.0 Å². The maximum atomic E-state index is 15.1. The molecular formula is C27H39FO. The summed E-state index contributed by atoms with van der Waals surface area (Å²) in [7, 11) is 0. The zero-order chi connectivity index (χ0) is 20.2. The molecule has 5 atom stereocenters. The van der Waals surface area contributed by atoms with Crippen LogP contribution in [0.1, 0.15) is 94.2 Å². The molecule has 0 spiro atoms. The molecule has 5 unspecified atom stereocenters. The lowest BCUT2D eigenvalue weighted by Crippen LogP contribution is -2.34. The molecule has 1 aromatic rings. The molecule has 4 rings (SSSR count). The highest BCUT2D eigenvalue weighted by atomic mass is 19.1. The molecule has 0 aliphatic heterocycles. The summed E-state index contributed by atoms with van der Waals surface area (Å²) >= 11 is 0. The third-order valence-corrected chi connectivity index (χ3v) is 8.01. The first kappa shape index (κ1) is 21.1. The topological polar surface area (TPSA) is 9.23 Å². The number of benzene rings is 1. The number of hydrogen-bond donors (Lipinski definition) is 0. The van der Waals surface area contributed by atoms with Crippen LogP contribution in [0.25, 0.3) is 0 Å². The maximum Gasteiger partial charge on any atom is 0.126 e. The monoisotopic (exact) mass is 398 g/mol. The molecule has 2 heteroatoms. The van der Waals surface area contributed by atoms with Gasteiger partial charge in [0, 0.05) is 0 Å². The fraction of sp³-hybridized carbons (Fsp3) is 0.704. The molecule has 3 aliphatic carbocycles. The summed E-state index contributed by atoms with van der Waals surface area (Å²) < 4.78 is 21.2. The van der Waals surface area contributed by atoms with Crippen molar-refractivity contribution >= 4 is 0 Å². The van der Waals surface area contributed by atoms with Gasteiger partial charge < -0.3 is 4.74 Å². The van der Waals surface area contributed by atoms with E-state index in [0.717, 1.165) is 49.2 Å². The van der Waals surface area contributed by atoms with E-state index in [2.05, 4.69) is 25.1 Å². The first-order chi connectivity index (χ1) is 14.2. The highest BCUT2D eigenvalue weighted by Crippen LogP contribution is 2.47. The fourth-order valence-corrected chi connectivity index (χ4v) is 6.41. The standard InChI is InChI=1S/C27H39FO/c1-3-5-13-29-25-12-11-20-15-23(10-9-21(20)16-25)26-17-22-8-7-19(6-4-2)14-24(22)18-27(26)28/h3,5,17-21,23,25H,4,6-16H2,1-2H3/b5-3+. The number of hydrogen-bond acceptors (Lipinski definition) is 1. The van der Waals surface area contributed by atoms with Gasteiger partial charge in [0.15, 0.2) is 0 Å². The van der Waals surface area contributed by atoms with E-state index in [1.807, 2.05) is 13.0 Å². The van der Waals surface area contributed by atoms with E-state index in [9.17, 15) is 0 Å². The highest BCUT2D eigenvalue weighted by Gasteiger charge is 2.37. The summed E-state index contributed by atoms with van der Waals surface area (Å²) in [5, 5.41) is 0. The molecule has 2 fully saturated rings. The average molecular weight is 399 g/mol. The largest absolute Gasteiger partial charge is 0.374 e. The lowest BCUT2D eigenvalue weighted by Gasteiger charge is -2.42. The SMILES string of the molecule is C/C=C/COC1CCC2CC(c3cc4c(cc3F)CC(CCC)CC4)CCC2C1. The Hall–Kier alpha value is -1.15. The van der Waals surface area contributed by atoms with Gasteiger partial charge in [0.2, 0.25) is 0 Å². The van der Waals surface area contributed by atoms with Crippen LogP contribution in [0.5, 0.6) is 0 Å². The van der Waals surface area contributed by atoms with Crippen LogP contribution in [-0.4, -0.2) is 12.7 Å². The molecule has 0 saturated heterocycles. The van der Waals surface area contributed by atoms with E-state index < -0.39 is 0 Å². The maximum absolute atomic E-state index is 15.1. The van der Waals surface area contributed by atoms with Crippen LogP contribution in [0.3, 0.4) is 0 Å². The van der Waals surface area contributed by atoms with Crippen LogP contribution in [-0.2, 0) is 17.6 Å². The van der Waals surface area contributed by atoms with Gasteiger partial charge in [0.05, 0.1) is 12.7 Å². The Balaban J connectivity index is 1.39. The Morgan fingerprint density at radius 3 is 2.69 bits per heavy atom. The minimum Gasteiger partial charge on any atom is -0.374 e. The van der Waals surface area contributed by atoms with Crippen LogP contribution >= 0.6 is 0 Å². The minimum absolute atomic E-state index is 0.0766. The van der Waals surface area contributed by atoms with Crippen molar-refractivity contribution in [3.05, 3.63) is 46.8 Å². The number of rotatable bonds is 6. The van der Waals surface area contributed by atoms with Gasteiger partial charge in [-0.25, -0.2) is 4.39 Å². The molecule has 0 bridgehead atoms. The third kappa shape index (κ3) is 4.95. The molecule has 3 aliphatic rings. The molecule has 29 heavy (non-hydrogen) atoms. The average Bonchev–Trinajstić information content (AvgIpc) is 2.73. The zero-order valence-electron chi connectivity index (χ0n) is 18.5. The quantitative estimate of drug-likeness (QED) is 0.454. The van der Waals surface area contributed by atoms with E-state index in [4.69, 9.17) is 4.74 Å². The molecule has 160 valence electrons. The Bertz CT molecular complexity index is 709. The summed E-state index contributed by atoms with van der Waals surface area (Å²) in [6.07, 6.45) is 17.9. The summed E-state index contributed by atoms with van der Waals surface area (Å²) in [5.41, 5.74) is 3.77. The summed E-state index contributed by atoms with van der Waals surface area (Å²) in [6.45, 7) is 5.06. The number of allylic oxidation sites excluding steroid dienone is 1. The lowest BCUT2D eigenvalue weighted by molar-refractivity contribution is -0.00334. The van der Waals surface area contributed by atoms with Gasteiger partial charge in [-0.1, -0.05) is 38.0 Å². The second kappa shape index (κ2) is 9.77. The van der Waals surface area contributed by atoms with Crippen molar-refractivity contribution in [3.8, 4) is 0 Å². The van der Waals surface area contributed by atoms with Gasteiger partial charge in [0.1, 0.15) is 5.82 Å². The number of fused-ring (bicyclic) bond motifs is 2. The Morgan fingerprint density at radius 2 is 1.86 bits per heavy atom. The third-order valence-electron chi connectivity index (χ3n) is 8.01. The minimum atomic E-state index is 0.0766. The number of ether oxygens (including phenoxy) is 1. The highest BCUT2D eigenvalue weighted by molar-refractivity contribution is 5.37. The summed E-state index contributed by atoms with van der Waals surface area (Å²) in [5.74, 6) is 2.81. The van der Waals surface area contributed by atoms with Crippen molar-refractivity contribution in [2.45, 2.75) is 96.5 Å². The Kier molecular flexibility index (Phi) is 7.11. The van der Waals surface area contributed by atoms with Crippen molar-refractivity contribution < 1.29 is 9.13 Å². The lowest BCUT2D eigenvalue weighted by atomic mass is 9.65. The van der Waals surface area contributed by atoms with Crippen molar-refractivity contribution in [3.63, 3.8) is 0 Å². The summed E-state index contributed by atoms with van der Waals surface area (Å²) in [4.78, 5) is 0. The first-order valence-corrected chi connectivity index (χ1v) is 12.2. The molecule has 1 aromatic carbocycles. The second-order valence-electron chi connectivity index (χ2n) is 9.91. The van der Waals surface area contributed by atoms with Crippen molar-refractivity contribution in [1.82, 2.24) is 0 Å². The Labute approximate surface area is 177 Å². The fourth-order valence-electron chi connectivity index (χ4n) is 6.41. The molecule has 2 saturated carbocycles. The Morgan fingerprint density at radius 1 is 1.03 bits per heavy atom. The molecule has 0 amide bonds. The van der Waals surface area contributed by atoms with Crippen molar-refractivity contribution in [2.75, 3.05) is 6.61 Å². The van der Waals surface area contributed by atoms with E-state index in [-0.39, 0.29) is 5.82 Å². The molecule has 0 N–H and O–H groups in total. The molecule has 1 nitrogen and oxygen atoms in total. The van der Waals surface area contributed by atoms with Crippen LogP contribution in [0.4, 0.5) is 4.39 Å². The van der Waals surface area contributed by atoms with Gasteiger partial charge in [0.25, 0.3) is 0 Å². The summed E-state index contributed by atoms with van der Waals surface area (Å²) in [6, 6.07) is 4.17. The van der Waals surface area contributed by atoms with Gasteiger partial charge in [-0.05, 0) is 111 Å². The van der Waals surface area contributed by atoms with Gasteiger partial charge >= 0.3 is 0 Å². The molecule has 0 heterocycles.